The molecule has 0 aliphatic heterocycles. The number of hydrazone groups is 1. The highest BCUT2D eigenvalue weighted by Gasteiger charge is 2.20. The number of rotatable bonds is 7. The number of para-hydroxylation sites is 2. The molecule has 2 aromatic carbocycles. The molecule has 0 unspecified atom stereocenters. The fourth-order valence-electron chi connectivity index (χ4n) is 3.73. The highest BCUT2D eigenvalue weighted by molar-refractivity contribution is 6.40. The molecule has 1 aliphatic rings. The van der Waals surface area contributed by atoms with Gasteiger partial charge in [-0.2, -0.15) is 5.10 Å². The minimum atomic E-state index is -1.00. The third-order valence-corrected chi connectivity index (χ3v) is 5.45. The third kappa shape index (κ3) is 6.52. The number of carbonyl (C=O) groups excluding carboxylic acids is 3. The molecule has 8 heteroatoms. The van der Waals surface area contributed by atoms with Gasteiger partial charge in [-0.15, -0.1) is 6.58 Å². The van der Waals surface area contributed by atoms with Gasteiger partial charge in [-0.05, 0) is 43.0 Å². The van der Waals surface area contributed by atoms with Gasteiger partial charge in [0.25, 0.3) is 5.91 Å². The molecular formula is C25H28N4O4. The molecule has 2 aromatic rings. The fourth-order valence-corrected chi connectivity index (χ4v) is 3.73. The first-order valence-electron chi connectivity index (χ1n) is 11.0. The highest BCUT2D eigenvalue weighted by atomic mass is 16.3. The summed E-state index contributed by atoms with van der Waals surface area (Å²) in [7, 11) is 0. The van der Waals surface area contributed by atoms with Crippen molar-refractivity contribution in [3.05, 3.63) is 71.8 Å². The predicted octanol–water partition coefficient (Wildman–Crippen LogP) is 3.27. The van der Waals surface area contributed by atoms with Gasteiger partial charge in [0, 0.05) is 11.6 Å². The molecule has 3 amide bonds. The van der Waals surface area contributed by atoms with Crippen molar-refractivity contribution in [2.75, 3.05) is 5.32 Å². The molecule has 0 heterocycles. The zero-order valence-electron chi connectivity index (χ0n) is 18.3. The lowest BCUT2D eigenvalue weighted by atomic mass is 9.95. The maximum atomic E-state index is 12.7. The Morgan fingerprint density at radius 3 is 2.55 bits per heavy atom. The van der Waals surface area contributed by atoms with Crippen LogP contribution in [0.15, 0.2) is 60.2 Å². The van der Waals surface area contributed by atoms with Gasteiger partial charge in [0.2, 0.25) is 0 Å². The first-order valence-corrected chi connectivity index (χ1v) is 11.0. The van der Waals surface area contributed by atoms with Crippen molar-refractivity contribution in [3.63, 3.8) is 0 Å². The van der Waals surface area contributed by atoms with Gasteiger partial charge in [0.15, 0.2) is 0 Å². The summed E-state index contributed by atoms with van der Waals surface area (Å²) in [5, 5.41) is 19.4. The van der Waals surface area contributed by atoms with Gasteiger partial charge in [-0.25, -0.2) is 5.43 Å². The molecule has 1 aliphatic carbocycles. The lowest BCUT2D eigenvalue weighted by molar-refractivity contribution is -0.136. The van der Waals surface area contributed by atoms with E-state index in [0.717, 1.165) is 25.7 Å². The van der Waals surface area contributed by atoms with Gasteiger partial charge in [-0.1, -0.05) is 49.6 Å². The van der Waals surface area contributed by atoms with E-state index in [2.05, 4.69) is 27.7 Å². The van der Waals surface area contributed by atoms with Crippen LogP contribution in [0, 0.1) is 0 Å². The molecule has 1 saturated carbocycles. The number of phenols is 1. The van der Waals surface area contributed by atoms with Gasteiger partial charge in [-0.3, -0.25) is 14.4 Å². The Morgan fingerprint density at radius 1 is 1.03 bits per heavy atom. The fraction of sp³-hybridized carbons (Fsp3) is 0.280. The van der Waals surface area contributed by atoms with Crippen LogP contribution in [-0.2, 0) is 16.0 Å². The van der Waals surface area contributed by atoms with Crippen molar-refractivity contribution in [3.8, 4) is 5.75 Å². The Balaban J connectivity index is 1.60. The molecule has 8 nitrogen and oxygen atoms in total. The lowest BCUT2D eigenvalue weighted by Crippen LogP contribution is -2.37. The highest BCUT2D eigenvalue weighted by Crippen LogP contribution is 2.22. The van der Waals surface area contributed by atoms with Crippen molar-refractivity contribution >= 4 is 29.6 Å². The number of nitrogens with one attached hydrogen (secondary N) is 3. The van der Waals surface area contributed by atoms with E-state index in [-0.39, 0.29) is 28.9 Å². The summed E-state index contributed by atoms with van der Waals surface area (Å²) < 4.78 is 0. The molecule has 0 bridgehead atoms. The number of allylic oxidation sites excluding steroid dienone is 1. The Hall–Kier alpha value is -3.94. The van der Waals surface area contributed by atoms with E-state index in [1.165, 1.54) is 12.6 Å². The number of amides is 3. The van der Waals surface area contributed by atoms with E-state index in [0.29, 0.717) is 17.5 Å². The second-order valence-corrected chi connectivity index (χ2v) is 7.85. The first-order chi connectivity index (χ1) is 16.0. The maximum Gasteiger partial charge on any atom is 0.329 e. The Bertz CT molecular complexity index is 1060. The van der Waals surface area contributed by atoms with Crippen molar-refractivity contribution in [1.82, 2.24) is 10.7 Å². The zero-order chi connectivity index (χ0) is 23.6. The van der Waals surface area contributed by atoms with Crippen LogP contribution >= 0.6 is 0 Å². The van der Waals surface area contributed by atoms with Gasteiger partial charge < -0.3 is 15.7 Å². The average molecular weight is 449 g/mol. The molecular weight excluding hydrogens is 420 g/mol. The number of hydrogen-bond donors (Lipinski definition) is 4. The van der Waals surface area contributed by atoms with E-state index in [9.17, 15) is 19.5 Å². The first kappa shape index (κ1) is 23.7. The van der Waals surface area contributed by atoms with Crippen LogP contribution in [0.4, 0.5) is 5.69 Å². The average Bonchev–Trinajstić information content (AvgIpc) is 2.82. The standard InChI is InChI=1S/C25H28N4O4/c1-2-9-17-10-8-11-18(22(17)30)16-26-29-25(33)24(32)28-21-15-7-6-14-20(21)23(31)27-19-12-4-3-5-13-19/h2,6-8,10-11,14-16,19,30H,1,3-5,9,12-13H2,(H,27,31)(H,28,32)(H,29,33)/b26-16+. The van der Waals surface area contributed by atoms with E-state index < -0.39 is 11.8 Å². The number of benzene rings is 2. The quantitative estimate of drug-likeness (QED) is 0.225. The summed E-state index contributed by atoms with van der Waals surface area (Å²) in [6.07, 6.45) is 8.61. The number of nitrogens with zero attached hydrogens (tertiary/aromatic N) is 1. The molecule has 3 rings (SSSR count). The molecule has 0 atom stereocenters. The SMILES string of the molecule is C=CCc1cccc(/C=N/NC(=O)C(=O)Nc2ccccc2C(=O)NC2CCCCC2)c1O. The summed E-state index contributed by atoms with van der Waals surface area (Å²) in [5.41, 5.74) is 3.72. The van der Waals surface area contributed by atoms with Crippen LogP contribution < -0.4 is 16.1 Å². The maximum absolute atomic E-state index is 12.7. The van der Waals surface area contributed by atoms with E-state index in [1.807, 2.05) is 0 Å². The number of anilines is 1. The molecule has 0 aromatic heterocycles. The van der Waals surface area contributed by atoms with Gasteiger partial charge >= 0.3 is 11.8 Å². The number of phenolic OH excluding ortho intramolecular Hbond substituents is 1. The van der Waals surface area contributed by atoms with Crippen molar-refractivity contribution < 1.29 is 19.5 Å². The Kier molecular flexibility index (Phi) is 8.35. The molecule has 0 spiro atoms. The van der Waals surface area contributed by atoms with E-state index in [4.69, 9.17) is 0 Å². The predicted molar refractivity (Wildman–Crippen MR) is 127 cm³/mol. The van der Waals surface area contributed by atoms with E-state index in [1.54, 1.807) is 48.5 Å². The van der Waals surface area contributed by atoms with Crippen molar-refractivity contribution in [2.24, 2.45) is 5.10 Å². The Morgan fingerprint density at radius 2 is 1.79 bits per heavy atom. The Labute approximate surface area is 192 Å². The minimum Gasteiger partial charge on any atom is -0.507 e. The molecule has 172 valence electrons. The van der Waals surface area contributed by atoms with Crippen LogP contribution in [0.1, 0.15) is 53.6 Å². The topological polar surface area (TPSA) is 120 Å². The van der Waals surface area contributed by atoms with E-state index >= 15 is 0 Å². The molecule has 0 radical (unpaired) electrons. The third-order valence-electron chi connectivity index (χ3n) is 5.45. The molecule has 4 N–H and O–H groups in total. The van der Waals surface area contributed by atoms with Crippen molar-refractivity contribution in [2.45, 2.75) is 44.6 Å². The number of aromatic hydroxyl groups is 1. The number of carbonyl (C=O) groups is 3. The summed E-state index contributed by atoms with van der Waals surface area (Å²) in [6.45, 7) is 3.64. The summed E-state index contributed by atoms with van der Waals surface area (Å²) in [5.74, 6) is -2.23. The van der Waals surface area contributed by atoms with Crippen LogP contribution in [0.5, 0.6) is 5.75 Å². The van der Waals surface area contributed by atoms with Gasteiger partial charge in [0.1, 0.15) is 5.75 Å². The van der Waals surface area contributed by atoms with Crippen LogP contribution in [0.2, 0.25) is 0 Å². The number of hydrogen-bond acceptors (Lipinski definition) is 5. The minimum absolute atomic E-state index is 0.0257. The second kappa shape index (κ2) is 11.6. The van der Waals surface area contributed by atoms with Gasteiger partial charge in [0.05, 0.1) is 17.5 Å². The monoisotopic (exact) mass is 448 g/mol. The zero-order valence-corrected chi connectivity index (χ0v) is 18.3. The van der Waals surface area contributed by atoms with Crippen molar-refractivity contribution in [1.29, 1.82) is 0 Å². The lowest BCUT2D eigenvalue weighted by Gasteiger charge is -2.23. The molecule has 0 saturated heterocycles. The normalized spacial score (nSPS) is 13.9. The van der Waals surface area contributed by atoms with Crippen LogP contribution in [0.3, 0.4) is 0 Å². The molecule has 1 fully saturated rings. The molecule has 33 heavy (non-hydrogen) atoms. The largest absolute Gasteiger partial charge is 0.507 e. The summed E-state index contributed by atoms with van der Waals surface area (Å²) in [4.78, 5) is 37.2. The van der Waals surface area contributed by atoms with Crippen LogP contribution in [-0.4, -0.2) is 35.1 Å². The second-order valence-electron chi connectivity index (χ2n) is 7.85. The summed E-state index contributed by atoms with van der Waals surface area (Å²) in [6, 6.07) is 11.8. The smallest absolute Gasteiger partial charge is 0.329 e. The summed E-state index contributed by atoms with van der Waals surface area (Å²) >= 11 is 0. The van der Waals surface area contributed by atoms with Crippen LogP contribution in [0.25, 0.3) is 0 Å².